The van der Waals surface area contributed by atoms with Crippen molar-refractivity contribution in [2.24, 2.45) is 5.41 Å². The Morgan fingerprint density at radius 2 is 1.95 bits per heavy atom. The van der Waals surface area contributed by atoms with Crippen LogP contribution in [-0.4, -0.2) is 53.0 Å². The number of aromatic nitrogens is 1. The molecule has 1 aliphatic carbocycles. The second kappa shape index (κ2) is 10.3. The van der Waals surface area contributed by atoms with E-state index in [0.717, 1.165) is 49.3 Å². The molecule has 2 N–H and O–H groups in total. The lowest BCUT2D eigenvalue weighted by Crippen LogP contribution is -2.56. The van der Waals surface area contributed by atoms with E-state index < -0.39 is 0 Å². The maximum atomic E-state index is 16.4. The van der Waals surface area contributed by atoms with E-state index in [2.05, 4.69) is 78.1 Å². The zero-order chi connectivity index (χ0) is 26.4. The quantitative estimate of drug-likeness (QED) is 0.313. The summed E-state index contributed by atoms with van der Waals surface area (Å²) in [5, 5.41) is 4.95. The van der Waals surface area contributed by atoms with Gasteiger partial charge in [-0.1, -0.05) is 52.3 Å². The first kappa shape index (κ1) is 25.9. The summed E-state index contributed by atoms with van der Waals surface area (Å²) in [5.74, 6) is -0.0620. The Kier molecular flexibility index (Phi) is 7.02. The molecule has 1 saturated carbocycles. The molecule has 1 saturated heterocycles. The van der Waals surface area contributed by atoms with Gasteiger partial charge < -0.3 is 10.3 Å². The average molecular weight is 517 g/mol. The Hall–Kier alpha value is -2.37. The molecule has 6 rings (SSSR count). The lowest BCUT2D eigenvalue weighted by molar-refractivity contribution is -0.0370. The van der Waals surface area contributed by atoms with Gasteiger partial charge in [0.05, 0.1) is 12.1 Å². The number of anilines is 1. The van der Waals surface area contributed by atoms with Crippen LogP contribution in [0.15, 0.2) is 36.4 Å². The maximum Gasteiger partial charge on any atom is 0.130 e. The molecular formula is C33H45FN4. The smallest absolute Gasteiger partial charge is 0.130 e. The van der Waals surface area contributed by atoms with Crippen LogP contribution in [0.25, 0.3) is 10.9 Å². The van der Waals surface area contributed by atoms with Crippen molar-refractivity contribution in [2.45, 2.75) is 90.8 Å². The Balaban J connectivity index is 1.37. The molecule has 2 aliphatic heterocycles. The highest BCUT2D eigenvalue weighted by molar-refractivity contribution is 5.85. The van der Waals surface area contributed by atoms with Crippen LogP contribution in [0.3, 0.4) is 0 Å². The average Bonchev–Trinajstić information content (AvgIpc) is 3.27. The predicted octanol–water partition coefficient (Wildman–Crippen LogP) is 7.29. The van der Waals surface area contributed by atoms with Crippen LogP contribution >= 0.6 is 0 Å². The van der Waals surface area contributed by atoms with E-state index in [1.54, 1.807) is 6.07 Å². The van der Waals surface area contributed by atoms with Crippen LogP contribution < -0.4 is 5.32 Å². The molecule has 2 aromatic carbocycles. The molecule has 0 spiro atoms. The first-order chi connectivity index (χ1) is 18.5. The fourth-order valence-electron chi connectivity index (χ4n) is 7.47. The third kappa shape index (κ3) is 4.36. The van der Waals surface area contributed by atoms with Crippen LogP contribution in [-0.2, 0) is 12.8 Å². The number of likely N-dealkylation sites (tertiary alicyclic amines) is 1. The summed E-state index contributed by atoms with van der Waals surface area (Å²) in [6.45, 7) is 13.4. The van der Waals surface area contributed by atoms with Gasteiger partial charge in [-0.3, -0.25) is 9.80 Å². The minimum Gasteiger partial charge on any atom is -0.380 e. The van der Waals surface area contributed by atoms with E-state index in [1.165, 1.54) is 60.8 Å². The Bertz CT molecular complexity index is 1290. The molecular weight excluding hydrogens is 471 g/mol. The molecule has 3 aliphatic rings. The molecule has 204 valence electrons. The number of fused-ring (bicyclic) bond motifs is 3. The van der Waals surface area contributed by atoms with Crippen molar-refractivity contribution >= 4 is 16.6 Å². The number of aryl methyl sites for hydroxylation is 1. The van der Waals surface area contributed by atoms with Crippen molar-refractivity contribution in [3.63, 3.8) is 0 Å². The van der Waals surface area contributed by atoms with E-state index in [4.69, 9.17) is 0 Å². The normalized spacial score (nSPS) is 26.2. The number of rotatable bonds is 9. The van der Waals surface area contributed by atoms with Gasteiger partial charge in [-0.25, -0.2) is 4.39 Å². The molecule has 3 aromatic rings. The van der Waals surface area contributed by atoms with E-state index in [9.17, 15) is 0 Å². The minimum atomic E-state index is -0.0698. The van der Waals surface area contributed by atoms with Crippen molar-refractivity contribution in [1.82, 2.24) is 14.8 Å². The minimum absolute atomic E-state index is 0.0620. The largest absolute Gasteiger partial charge is 0.380 e. The first-order valence-electron chi connectivity index (χ1n) is 15.1. The van der Waals surface area contributed by atoms with Gasteiger partial charge in [-0.05, 0) is 79.8 Å². The standard InChI is InChI=1S/C33H45FN4/c1-5-8-16-37-20-24(21-37)35-23-18-22(6-2)30(27(34)19-23)32-31-26(25-11-9-10-12-28(25)36-31)14-17-38(32)29-13-15-33(29,4)7-3/h9-12,18-19,24,29,32,35-36H,5-8,13-17,20-21H2,1-4H3. The number of nitrogens with zero attached hydrogens (tertiary/aromatic N) is 2. The second-order valence-corrected chi connectivity index (χ2v) is 12.4. The Morgan fingerprint density at radius 3 is 2.66 bits per heavy atom. The molecule has 3 unspecified atom stereocenters. The van der Waals surface area contributed by atoms with Crippen LogP contribution in [0.2, 0.25) is 0 Å². The van der Waals surface area contributed by atoms with Crippen molar-refractivity contribution in [2.75, 3.05) is 31.5 Å². The summed E-state index contributed by atoms with van der Waals surface area (Å²) < 4.78 is 16.4. The molecule has 3 heterocycles. The molecule has 0 amide bonds. The van der Waals surface area contributed by atoms with Gasteiger partial charge in [0.2, 0.25) is 0 Å². The van der Waals surface area contributed by atoms with Gasteiger partial charge in [-0.15, -0.1) is 0 Å². The maximum absolute atomic E-state index is 16.4. The van der Waals surface area contributed by atoms with E-state index in [-0.39, 0.29) is 11.9 Å². The van der Waals surface area contributed by atoms with Gasteiger partial charge in [0.1, 0.15) is 5.82 Å². The SMILES string of the molecule is CCCCN1CC(Nc2cc(F)c(C3c4[nH]c5ccccc5c4CCN3C3CCC3(C)CC)c(CC)c2)C1. The number of para-hydroxylation sites is 1. The number of unbranched alkanes of at least 4 members (excludes halogenated alkanes) is 1. The molecule has 3 atom stereocenters. The lowest BCUT2D eigenvalue weighted by atomic mass is 9.62. The van der Waals surface area contributed by atoms with Gasteiger partial charge in [0.15, 0.2) is 0 Å². The number of hydrogen-bond acceptors (Lipinski definition) is 3. The summed E-state index contributed by atoms with van der Waals surface area (Å²) in [6, 6.07) is 13.5. The van der Waals surface area contributed by atoms with Gasteiger partial charge in [0.25, 0.3) is 0 Å². The fourth-order valence-corrected chi connectivity index (χ4v) is 7.47. The lowest BCUT2D eigenvalue weighted by Gasteiger charge is -2.55. The summed E-state index contributed by atoms with van der Waals surface area (Å²) in [5.41, 5.74) is 7.02. The van der Waals surface area contributed by atoms with Gasteiger partial charge in [0, 0.05) is 53.5 Å². The molecule has 0 radical (unpaired) electrons. The monoisotopic (exact) mass is 516 g/mol. The number of aromatic amines is 1. The number of halogens is 1. The highest BCUT2D eigenvalue weighted by Gasteiger charge is 2.49. The van der Waals surface area contributed by atoms with Gasteiger partial charge >= 0.3 is 0 Å². The molecule has 2 fully saturated rings. The van der Waals surface area contributed by atoms with Crippen molar-refractivity contribution in [3.05, 3.63) is 64.6 Å². The highest BCUT2D eigenvalue weighted by atomic mass is 19.1. The molecule has 0 bridgehead atoms. The Morgan fingerprint density at radius 1 is 1.13 bits per heavy atom. The molecule has 5 heteroatoms. The zero-order valence-corrected chi connectivity index (χ0v) is 23.7. The first-order valence-corrected chi connectivity index (χ1v) is 15.1. The van der Waals surface area contributed by atoms with Crippen LogP contribution in [0, 0.1) is 11.2 Å². The second-order valence-electron chi connectivity index (χ2n) is 12.4. The summed E-state index contributed by atoms with van der Waals surface area (Å²) in [7, 11) is 0. The number of hydrogen-bond donors (Lipinski definition) is 2. The van der Waals surface area contributed by atoms with Crippen LogP contribution in [0.5, 0.6) is 0 Å². The molecule has 38 heavy (non-hydrogen) atoms. The predicted molar refractivity (Wildman–Crippen MR) is 157 cm³/mol. The van der Waals surface area contributed by atoms with E-state index in [1.807, 2.05) is 0 Å². The third-order valence-electron chi connectivity index (χ3n) is 10.1. The fraction of sp³-hybridized carbons (Fsp3) is 0.576. The summed E-state index contributed by atoms with van der Waals surface area (Å²) in [6.07, 6.45) is 7.96. The number of nitrogens with one attached hydrogen (secondary N) is 2. The zero-order valence-electron chi connectivity index (χ0n) is 23.7. The third-order valence-corrected chi connectivity index (χ3v) is 10.1. The Labute approximate surface area is 228 Å². The van der Waals surface area contributed by atoms with E-state index >= 15 is 4.39 Å². The molecule has 4 nitrogen and oxygen atoms in total. The van der Waals surface area contributed by atoms with Crippen LogP contribution in [0.1, 0.15) is 88.2 Å². The number of H-pyrrole nitrogens is 1. The van der Waals surface area contributed by atoms with Crippen LogP contribution in [0.4, 0.5) is 10.1 Å². The van der Waals surface area contributed by atoms with Crippen molar-refractivity contribution in [1.29, 1.82) is 0 Å². The molecule has 1 aromatic heterocycles. The van der Waals surface area contributed by atoms with Gasteiger partial charge in [-0.2, -0.15) is 0 Å². The van der Waals surface area contributed by atoms with E-state index in [0.29, 0.717) is 17.5 Å². The summed E-state index contributed by atoms with van der Waals surface area (Å²) in [4.78, 5) is 8.93. The number of benzene rings is 2. The highest BCUT2D eigenvalue weighted by Crippen LogP contribution is 2.52. The summed E-state index contributed by atoms with van der Waals surface area (Å²) >= 11 is 0. The van der Waals surface area contributed by atoms with Crippen molar-refractivity contribution in [3.8, 4) is 0 Å². The van der Waals surface area contributed by atoms with Crippen molar-refractivity contribution < 1.29 is 4.39 Å². The topological polar surface area (TPSA) is 34.3 Å².